The molecule has 0 aromatic heterocycles. The highest BCUT2D eigenvalue weighted by Crippen LogP contribution is 2.65. The molecule has 3 aromatic rings. The first-order valence-electron chi connectivity index (χ1n) is 12.6. The van der Waals surface area contributed by atoms with Gasteiger partial charge in [0.2, 0.25) is 0 Å². The molecule has 190 valence electrons. The molecule has 3 aliphatic rings. The van der Waals surface area contributed by atoms with Gasteiger partial charge >= 0.3 is 6.18 Å². The minimum absolute atomic E-state index is 0.0990. The number of aromatic hydroxyl groups is 1. The zero-order valence-electron chi connectivity index (χ0n) is 21.7. The van der Waals surface area contributed by atoms with Crippen LogP contribution in [0.5, 0.6) is 5.75 Å². The molecule has 36 heavy (non-hydrogen) atoms. The number of hydrogen-bond donors (Lipinski definition) is 1. The maximum atomic E-state index is 13.9. The normalized spacial score (nSPS) is 23.2. The fraction of sp³-hybridized carbons (Fsp3) is 0.467. The van der Waals surface area contributed by atoms with Gasteiger partial charge in [-0.2, -0.15) is 13.2 Å². The Morgan fingerprint density at radius 1 is 0.806 bits per heavy atom. The number of phenolic OH excluding ortho intramolecular Hbond substituents is 1. The first-order chi connectivity index (χ1) is 16.7. The minimum Gasteiger partial charge on any atom is -0.507 e. The number of alkyl halides is 3. The number of phenols is 1. The molecule has 0 amide bonds. The molecule has 1 heterocycles. The second kappa shape index (κ2) is 6.90. The molecule has 3 aromatic carbocycles. The summed E-state index contributed by atoms with van der Waals surface area (Å²) < 4.78 is 41.8. The van der Waals surface area contributed by atoms with Crippen LogP contribution in [0.4, 0.5) is 24.5 Å². The van der Waals surface area contributed by atoms with Gasteiger partial charge in [0.05, 0.1) is 11.4 Å². The molecular weight excluding hydrogens is 461 g/mol. The zero-order valence-corrected chi connectivity index (χ0v) is 21.7. The highest BCUT2D eigenvalue weighted by Gasteiger charge is 2.54. The van der Waals surface area contributed by atoms with Gasteiger partial charge in [-0.15, -0.1) is 0 Å². The van der Waals surface area contributed by atoms with Crippen molar-refractivity contribution in [2.24, 2.45) is 10.8 Å². The van der Waals surface area contributed by atoms with Crippen LogP contribution in [0.3, 0.4) is 0 Å². The molecule has 6 rings (SSSR count). The maximum Gasteiger partial charge on any atom is 0.427 e. The predicted octanol–water partition coefficient (Wildman–Crippen LogP) is 7.82. The van der Waals surface area contributed by atoms with E-state index in [-0.39, 0.29) is 22.0 Å². The van der Waals surface area contributed by atoms with E-state index in [1.807, 2.05) is 18.2 Å². The van der Waals surface area contributed by atoms with E-state index in [0.29, 0.717) is 16.8 Å². The molecule has 1 unspecified atom stereocenters. The highest BCUT2D eigenvalue weighted by atomic mass is 19.4. The van der Waals surface area contributed by atoms with Crippen molar-refractivity contribution in [3.63, 3.8) is 0 Å². The Hall–Kier alpha value is -2.89. The molecule has 0 saturated heterocycles. The molecule has 6 heteroatoms. The molecule has 1 atom stereocenters. The topological polar surface area (TPSA) is 26.7 Å². The lowest BCUT2D eigenvalue weighted by atomic mass is 9.52. The number of hydrogen-bond acceptors (Lipinski definition) is 3. The predicted molar refractivity (Wildman–Crippen MR) is 140 cm³/mol. The van der Waals surface area contributed by atoms with Gasteiger partial charge in [-0.3, -0.25) is 0 Å². The summed E-state index contributed by atoms with van der Waals surface area (Å²) in [6.07, 6.45) is -3.11. The van der Waals surface area contributed by atoms with Crippen LogP contribution in [0, 0.1) is 10.8 Å². The fourth-order valence-corrected chi connectivity index (χ4v) is 8.38. The highest BCUT2D eigenvalue weighted by molar-refractivity contribution is 6.09. The van der Waals surface area contributed by atoms with Gasteiger partial charge in [-0.05, 0) is 75.9 Å². The van der Waals surface area contributed by atoms with Gasteiger partial charge in [0.15, 0.2) is 6.17 Å². The third-order valence-electron chi connectivity index (χ3n) is 8.74. The van der Waals surface area contributed by atoms with E-state index in [1.165, 1.54) is 29.5 Å². The quantitative estimate of drug-likeness (QED) is 0.345. The molecule has 1 spiro atoms. The van der Waals surface area contributed by atoms with Crippen LogP contribution < -0.4 is 9.80 Å². The second-order valence-corrected chi connectivity index (χ2v) is 12.8. The monoisotopic (exact) mass is 494 g/mol. The van der Waals surface area contributed by atoms with Crippen LogP contribution >= 0.6 is 0 Å². The van der Waals surface area contributed by atoms with Crippen LogP contribution in [0.25, 0.3) is 21.9 Å². The zero-order chi connectivity index (χ0) is 26.0. The van der Waals surface area contributed by atoms with Crippen LogP contribution in [-0.4, -0.2) is 31.5 Å². The molecule has 1 N–H and O–H groups in total. The summed E-state index contributed by atoms with van der Waals surface area (Å²) in [6, 6.07) is 14.0. The summed E-state index contributed by atoms with van der Waals surface area (Å²) in [6.45, 7) is 9.30. The number of halogens is 3. The number of anilines is 2. The Kier molecular flexibility index (Phi) is 4.51. The maximum absolute atomic E-state index is 13.9. The second-order valence-electron chi connectivity index (χ2n) is 12.8. The van der Waals surface area contributed by atoms with Crippen molar-refractivity contribution >= 4 is 22.1 Å². The SMILES string of the molecule is CN1c2cc3c(O)cc4c(c3cc2N(C)C1C(F)(F)F)-c1ccccc1C41CC(C)(C)CC(C)(C)C1. The van der Waals surface area contributed by atoms with Gasteiger partial charge < -0.3 is 14.9 Å². The summed E-state index contributed by atoms with van der Waals surface area (Å²) in [5.74, 6) is 0.131. The van der Waals surface area contributed by atoms with Crippen molar-refractivity contribution in [3.8, 4) is 16.9 Å². The summed E-state index contributed by atoms with van der Waals surface area (Å²) in [4.78, 5) is 2.55. The van der Waals surface area contributed by atoms with Crippen molar-refractivity contribution in [2.75, 3.05) is 23.9 Å². The van der Waals surface area contributed by atoms with Gasteiger partial charge in [-0.1, -0.05) is 52.0 Å². The van der Waals surface area contributed by atoms with Gasteiger partial charge in [-0.25, -0.2) is 0 Å². The van der Waals surface area contributed by atoms with Crippen LogP contribution in [0.15, 0.2) is 42.5 Å². The Labute approximate surface area is 210 Å². The van der Waals surface area contributed by atoms with E-state index in [1.54, 1.807) is 6.07 Å². The van der Waals surface area contributed by atoms with E-state index < -0.39 is 12.3 Å². The molecule has 1 saturated carbocycles. The number of fused-ring (bicyclic) bond motifs is 8. The van der Waals surface area contributed by atoms with E-state index >= 15 is 0 Å². The summed E-state index contributed by atoms with van der Waals surface area (Å²) in [5.41, 5.74) is 5.52. The molecule has 0 radical (unpaired) electrons. The van der Waals surface area contributed by atoms with Crippen LogP contribution in [0.2, 0.25) is 0 Å². The number of nitrogens with zero attached hydrogens (tertiary/aromatic N) is 2. The Morgan fingerprint density at radius 3 is 1.94 bits per heavy atom. The van der Waals surface area contributed by atoms with E-state index in [9.17, 15) is 18.3 Å². The third-order valence-corrected chi connectivity index (χ3v) is 8.74. The largest absolute Gasteiger partial charge is 0.507 e. The van der Waals surface area contributed by atoms with Crippen molar-refractivity contribution in [3.05, 3.63) is 53.6 Å². The molecule has 1 aliphatic heterocycles. The van der Waals surface area contributed by atoms with Crippen LogP contribution in [0.1, 0.15) is 58.1 Å². The Balaban J connectivity index is 1.67. The Morgan fingerprint density at radius 2 is 1.36 bits per heavy atom. The minimum atomic E-state index is -4.41. The first kappa shape index (κ1) is 23.5. The van der Waals surface area contributed by atoms with Crippen LogP contribution in [-0.2, 0) is 5.41 Å². The van der Waals surface area contributed by atoms with Gasteiger partial charge in [0.1, 0.15) is 5.75 Å². The van der Waals surface area contributed by atoms with Crippen molar-refractivity contribution in [1.29, 1.82) is 0 Å². The molecule has 2 aliphatic carbocycles. The standard InChI is InChI=1S/C30H33F3N2O/c1-27(2)14-28(3,4)16-29(15-27)20-10-8-7-9-17(20)25-19-12-23-22(11-18(19)24(36)13-21(25)29)34(5)26(35(23)6)30(31,32)33/h7-13,26,36H,14-16H2,1-6H3. The van der Waals surface area contributed by atoms with Crippen molar-refractivity contribution in [2.45, 2.75) is 64.7 Å². The number of benzene rings is 3. The number of rotatable bonds is 0. The Bertz CT molecular complexity index is 1410. The molecule has 0 bridgehead atoms. The van der Waals surface area contributed by atoms with Gasteiger partial charge in [0.25, 0.3) is 0 Å². The molecule has 3 nitrogen and oxygen atoms in total. The average molecular weight is 495 g/mol. The van der Waals surface area contributed by atoms with E-state index in [2.05, 4.69) is 45.9 Å². The fourth-order valence-electron chi connectivity index (χ4n) is 8.38. The molecule has 1 fully saturated rings. The lowest BCUT2D eigenvalue weighted by Crippen LogP contribution is -2.50. The lowest BCUT2D eigenvalue weighted by molar-refractivity contribution is -0.145. The van der Waals surface area contributed by atoms with Gasteiger partial charge in [0, 0.05) is 24.9 Å². The average Bonchev–Trinajstić information content (AvgIpc) is 3.13. The van der Waals surface area contributed by atoms with E-state index in [4.69, 9.17) is 0 Å². The summed E-state index contributed by atoms with van der Waals surface area (Å²) in [5, 5.41) is 12.8. The summed E-state index contributed by atoms with van der Waals surface area (Å²) >= 11 is 0. The van der Waals surface area contributed by atoms with E-state index in [0.717, 1.165) is 41.3 Å². The first-order valence-corrected chi connectivity index (χ1v) is 12.6. The third kappa shape index (κ3) is 3.05. The van der Waals surface area contributed by atoms with Crippen molar-refractivity contribution < 1.29 is 18.3 Å². The molecular formula is C30H33F3N2O. The lowest BCUT2D eigenvalue weighted by Gasteiger charge is -2.51. The smallest absolute Gasteiger partial charge is 0.427 e. The van der Waals surface area contributed by atoms with Crippen molar-refractivity contribution in [1.82, 2.24) is 0 Å². The summed E-state index contributed by atoms with van der Waals surface area (Å²) in [7, 11) is 2.96.